The average Bonchev–Trinajstić information content (AvgIpc) is 2.52. The van der Waals surface area contributed by atoms with Crippen molar-refractivity contribution in [2.75, 3.05) is 17.7 Å². The van der Waals surface area contributed by atoms with E-state index in [0.717, 1.165) is 22.7 Å². The van der Waals surface area contributed by atoms with Gasteiger partial charge in [-0.3, -0.25) is 9.59 Å². The van der Waals surface area contributed by atoms with E-state index >= 15 is 0 Å². The molecule has 5 heteroatoms. The highest BCUT2D eigenvalue weighted by atomic mass is 16.5. The van der Waals surface area contributed by atoms with E-state index in [4.69, 9.17) is 4.74 Å². The molecule has 0 aromatic heterocycles. The van der Waals surface area contributed by atoms with Crippen molar-refractivity contribution in [3.63, 3.8) is 0 Å². The molecule has 2 aromatic rings. The van der Waals surface area contributed by atoms with E-state index in [1.54, 1.807) is 31.4 Å². The summed E-state index contributed by atoms with van der Waals surface area (Å²) in [5.41, 5.74) is 2.72. The van der Waals surface area contributed by atoms with E-state index in [9.17, 15) is 9.59 Å². The van der Waals surface area contributed by atoms with Crippen LogP contribution < -0.4 is 15.4 Å². The molecular weight excluding hydrogens is 268 g/mol. The number of para-hydroxylation sites is 1. The third-order valence-corrected chi connectivity index (χ3v) is 2.68. The normalized spacial score (nSPS) is 8.86. The van der Waals surface area contributed by atoms with Crippen molar-refractivity contribution in [2.45, 2.75) is 6.92 Å². The Kier molecular flexibility index (Phi) is 7.07. The molecular formula is C16H18N2O3. The Balaban J connectivity index is 0.000000211. The third kappa shape index (κ3) is 5.78. The molecule has 0 saturated carbocycles. The predicted molar refractivity (Wildman–Crippen MR) is 83.5 cm³/mol. The summed E-state index contributed by atoms with van der Waals surface area (Å²) < 4.78 is 4.93. The smallest absolute Gasteiger partial charge is 0.211 e. The van der Waals surface area contributed by atoms with Gasteiger partial charge in [-0.1, -0.05) is 18.2 Å². The van der Waals surface area contributed by atoms with Crippen LogP contribution in [0.5, 0.6) is 5.75 Å². The minimum absolute atomic E-state index is 0.641. The number of hydrogen-bond donors (Lipinski definition) is 2. The summed E-state index contributed by atoms with van der Waals surface area (Å²) in [6.07, 6.45) is 1.32. The van der Waals surface area contributed by atoms with E-state index in [1.165, 1.54) is 0 Å². The first kappa shape index (κ1) is 16.2. The molecule has 2 rings (SSSR count). The maximum absolute atomic E-state index is 10.0. The highest BCUT2D eigenvalue weighted by Gasteiger charge is 1.91. The Morgan fingerprint density at radius 3 is 2.05 bits per heavy atom. The van der Waals surface area contributed by atoms with Crippen LogP contribution in [0.25, 0.3) is 0 Å². The first-order valence-corrected chi connectivity index (χ1v) is 6.31. The highest BCUT2D eigenvalue weighted by molar-refractivity contribution is 5.73. The summed E-state index contributed by atoms with van der Waals surface area (Å²) >= 11 is 0. The molecule has 2 aromatic carbocycles. The molecule has 110 valence electrons. The SMILES string of the molecule is COc1ccc(NC=O)cc1.Cc1ccccc1NC=O. The van der Waals surface area contributed by atoms with E-state index in [2.05, 4.69) is 10.6 Å². The lowest BCUT2D eigenvalue weighted by molar-refractivity contribution is -0.106. The van der Waals surface area contributed by atoms with Crippen LogP contribution in [0.3, 0.4) is 0 Å². The lowest BCUT2D eigenvalue weighted by Crippen LogP contribution is -1.94. The molecule has 21 heavy (non-hydrogen) atoms. The molecule has 5 nitrogen and oxygen atoms in total. The number of carbonyl (C=O) groups excluding carboxylic acids is 2. The van der Waals surface area contributed by atoms with Crippen molar-refractivity contribution in [3.8, 4) is 5.75 Å². The van der Waals surface area contributed by atoms with Crippen molar-refractivity contribution >= 4 is 24.2 Å². The van der Waals surface area contributed by atoms with Crippen molar-refractivity contribution in [3.05, 3.63) is 54.1 Å². The van der Waals surface area contributed by atoms with Gasteiger partial charge in [-0.15, -0.1) is 0 Å². The molecule has 2 amide bonds. The first-order valence-electron chi connectivity index (χ1n) is 6.31. The molecule has 0 saturated heterocycles. The number of methoxy groups -OCH3 is 1. The standard InChI is InChI=1S/C8H9NO2.C8H9NO/c1-11-8-4-2-7(3-5-8)9-6-10;1-7-4-2-3-5-8(7)9-6-10/h2-6H,1H3,(H,9,10);2-6H,1H3,(H,9,10). The molecule has 0 spiro atoms. The second-order valence-electron chi connectivity index (χ2n) is 4.07. The number of rotatable bonds is 5. The Hall–Kier alpha value is -2.82. The summed E-state index contributed by atoms with van der Waals surface area (Å²) in [4.78, 5) is 20.0. The zero-order chi connectivity index (χ0) is 15.5. The molecule has 0 radical (unpaired) electrons. The van der Waals surface area contributed by atoms with Gasteiger partial charge >= 0.3 is 0 Å². The van der Waals surface area contributed by atoms with Gasteiger partial charge in [-0.25, -0.2) is 0 Å². The minimum Gasteiger partial charge on any atom is -0.497 e. The van der Waals surface area contributed by atoms with Crippen molar-refractivity contribution in [2.24, 2.45) is 0 Å². The minimum atomic E-state index is 0.641. The number of aryl methyl sites for hydroxylation is 1. The Bertz CT molecular complexity index is 568. The van der Waals surface area contributed by atoms with Crippen LogP contribution in [-0.2, 0) is 9.59 Å². The molecule has 0 fully saturated rings. The number of anilines is 2. The lowest BCUT2D eigenvalue weighted by Gasteiger charge is -2.00. The third-order valence-electron chi connectivity index (χ3n) is 2.68. The molecule has 0 bridgehead atoms. The van der Waals surface area contributed by atoms with Crippen molar-refractivity contribution in [1.29, 1.82) is 0 Å². The maximum atomic E-state index is 10.0. The summed E-state index contributed by atoms with van der Waals surface area (Å²) in [6.45, 7) is 1.95. The van der Waals surface area contributed by atoms with Gasteiger partial charge in [0.15, 0.2) is 0 Å². The van der Waals surface area contributed by atoms with Gasteiger partial charge < -0.3 is 15.4 Å². The van der Waals surface area contributed by atoms with Crippen LogP contribution in [-0.4, -0.2) is 19.9 Å². The molecule has 2 N–H and O–H groups in total. The van der Waals surface area contributed by atoms with Gasteiger partial charge in [0, 0.05) is 11.4 Å². The second-order valence-corrected chi connectivity index (χ2v) is 4.07. The lowest BCUT2D eigenvalue weighted by atomic mass is 10.2. The number of ether oxygens (including phenoxy) is 1. The molecule has 0 unspecified atom stereocenters. The molecule has 0 aliphatic carbocycles. The van der Waals surface area contributed by atoms with Crippen molar-refractivity contribution < 1.29 is 14.3 Å². The van der Waals surface area contributed by atoms with Gasteiger partial charge in [0.2, 0.25) is 12.8 Å². The summed E-state index contributed by atoms with van der Waals surface area (Å²) in [5, 5.41) is 5.12. The number of benzene rings is 2. The van der Waals surface area contributed by atoms with Gasteiger partial charge in [0.05, 0.1) is 7.11 Å². The number of nitrogens with one attached hydrogen (secondary N) is 2. The van der Waals surface area contributed by atoms with E-state index in [0.29, 0.717) is 12.8 Å². The molecule has 0 heterocycles. The first-order chi connectivity index (χ1) is 10.2. The van der Waals surface area contributed by atoms with Crippen LogP contribution in [0.2, 0.25) is 0 Å². The average molecular weight is 286 g/mol. The monoisotopic (exact) mass is 286 g/mol. The summed E-state index contributed by atoms with van der Waals surface area (Å²) in [6, 6.07) is 14.7. The zero-order valence-corrected chi connectivity index (χ0v) is 12.0. The fraction of sp³-hybridized carbons (Fsp3) is 0.125. The summed E-state index contributed by atoms with van der Waals surface area (Å²) in [5.74, 6) is 0.779. The van der Waals surface area contributed by atoms with Crippen LogP contribution >= 0.6 is 0 Å². The van der Waals surface area contributed by atoms with Crippen LogP contribution in [0.1, 0.15) is 5.56 Å². The van der Waals surface area contributed by atoms with Gasteiger partial charge in [-0.05, 0) is 42.8 Å². The van der Waals surface area contributed by atoms with E-state index in [1.807, 2.05) is 31.2 Å². The van der Waals surface area contributed by atoms with E-state index < -0.39 is 0 Å². The Morgan fingerprint density at radius 1 is 0.905 bits per heavy atom. The van der Waals surface area contributed by atoms with Crippen molar-refractivity contribution in [1.82, 2.24) is 0 Å². The number of amides is 2. The predicted octanol–water partition coefficient (Wildman–Crippen LogP) is 2.83. The fourth-order valence-corrected chi connectivity index (χ4v) is 1.55. The molecule has 0 aliphatic rings. The Labute approximate surface area is 123 Å². The largest absolute Gasteiger partial charge is 0.497 e. The fourth-order valence-electron chi connectivity index (χ4n) is 1.55. The molecule has 0 aliphatic heterocycles. The summed E-state index contributed by atoms with van der Waals surface area (Å²) in [7, 11) is 1.60. The van der Waals surface area contributed by atoms with Gasteiger partial charge in [-0.2, -0.15) is 0 Å². The van der Waals surface area contributed by atoms with E-state index in [-0.39, 0.29) is 0 Å². The number of hydrogen-bond acceptors (Lipinski definition) is 3. The van der Waals surface area contributed by atoms with Crippen LogP contribution in [0.15, 0.2) is 48.5 Å². The number of carbonyl (C=O) groups is 2. The maximum Gasteiger partial charge on any atom is 0.211 e. The topological polar surface area (TPSA) is 67.4 Å². The molecule has 0 atom stereocenters. The highest BCUT2D eigenvalue weighted by Crippen LogP contribution is 2.14. The van der Waals surface area contributed by atoms with Crippen LogP contribution in [0.4, 0.5) is 11.4 Å². The Morgan fingerprint density at radius 2 is 1.52 bits per heavy atom. The second kappa shape index (κ2) is 9.14. The van der Waals surface area contributed by atoms with Crippen LogP contribution in [0, 0.1) is 6.92 Å². The quantitative estimate of drug-likeness (QED) is 0.830. The van der Waals surface area contributed by atoms with Gasteiger partial charge in [0.25, 0.3) is 0 Å². The van der Waals surface area contributed by atoms with Gasteiger partial charge in [0.1, 0.15) is 5.75 Å². The zero-order valence-electron chi connectivity index (χ0n) is 12.0.